The number of hydroxylamine groups is 1. The third kappa shape index (κ3) is 4.54. The highest BCUT2D eigenvalue weighted by Gasteiger charge is 2.24. The van der Waals surface area contributed by atoms with E-state index in [1.54, 1.807) is 0 Å². The first-order chi connectivity index (χ1) is 9.25. The lowest BCUT2D eigenvalue weighted by Crippen LogP contribution is -2.48. The first-order valence-corrected chi connectivity index (χ1v) is 6.66. The number of aliphatic hydroxyl groups excluding tert-OH is 1. The predicted molar refractivity (Wildman–Crippen MR) is 71.2 cm³/mol. The maximum Gasteiger partial charge on any atom is 0.339 e. The van der Waals surface area contributed by atoms with Gasteiger partial charge in [0.05, 0.1) is 18.8 Å². The lowest BCUT2D eigenvalue weighted by molar-refractivity contribution is 0.0414. The number of hydrogen-bond acceptors (Lipinski definition) is 3. The number of amides is 2. The summed E-state index contributed by atoms with van der Waals surface area (Å²) >= 11 is 0. The number of hydrogen-bond donors (Lipinski definition) is 3. The molecule has 1 fully saturated rings. The molecule has 0 aromatic heterocycles. The largest absolute Gasteiger partial charge is 0.391 e. The molecule has 0 heterocycles. The van der Waals surface area contributed by atoms with Crippen LogP contribution in [0.4, 0.5) is 4.79 Å². The van der Waals surface area contributed by atoms with Crippen molar-refractivity contribution in [1.29, 1.82) is 0 Å². The van der Waals surface area contributed by atoms with Crippen LogP contribution in [-0.4, -0.2) is 23.3 Å². The maximum absolute atomic E-state index is 11.6. The number of aliphatic hydroxyl groups is 1. The van der Waals surface area contributed by atoms with Crippen LogP contribution in [0.1, 0.15) is 31.2 Å². The van der Waals surface area contributed by atoms with Crippen LogP contribution in [0.5, 0.6) is 0 Å². The molecule has 2 unspecified atom stereocenters. The molecule has 1 aliphatic rings. The Bertz CT molecular complexity index is 397. The van der Waals surface area contributed by atoms with Crippen molar-refractivity contribution in [2.75, 3.05) is 0 Å². The molecule has 1 aromatic carbocycles. The topological polar surface area (TPSA) is 70.6 Å². The first kappa shape index (κ1) is 13.8. The Hall–Kier alpha value is -1.59. The average Bonchev–Trinajstić information content (AvgIpc) is 2.43. The van der Waals surface area contributed by atoms with Crippen molar-refractivity contribution in [3.8, 4) is 0 Å². The molecule has 1 aliphatic carbocycles. The van der Waals surface area contributed by atoms with Gasteiger partial charge in [-0.25, -0.2) is 10.3 Å². The van der Waals surface area contributed by atoms with Gasteiger partial charge in [-0.3, -0.25) is 4.84 Å². The zero-order chi connectivity index (χ0) is 13.5. The summed E-state index contributed by atoms with van der Waals surface area (Å²) in [5.74, 6) is 0. The highest BCUT2D eigenvalue weighted by Crippen LogP contribution is 2.18. The number of carbonyl (C=O) groups excluding carboxylic acids is 1. The Labute approximate surface area is 112 Å². The van der Waals surface area contributed by atoms with Crippen molar-refractivity contribution < 1.29 is 14.7 Å². The van der Waals surface area contributed by atoms with Gasteiger partial charge in [0.15, 0.2) is 0 Å². The van der Waals surface area contributed by atoms with E-state index >= 15 is 0 Å². The van der Waals surface area contributed by atoms with Crippen LogP contribution >= 0.6 is 0 Å². The molecule has 0 bridgehead atoms. The average molecular weight is 264 g/mol. The van der Waals surface area contributed by atoms with Gasteiger partial charge in [-0.05, 0) is 18.4 Å². The Kier molecular flexibility index (Phi) is 5.18. The standard InChI is InChI=1S/C14H20N2O3/c17-13-9-5-4-8-12(13)15-14(18)16-19-10-11-6-2-1-3-7-11/h1-3,6-7,12-13,17H,4-5,8-10H2,(H2,15,16,18). The minimum Gasteiger partial charge on any atom is -0.391 e. The van der Waals surface area contributed by atoms with Gasteiger partial charge in [-0.1, -0.05) is 43.2 Å². The summed E-state index contributed by atoms with van der Waals surface area (Å²) in [6.07, 6.45) is 3.16. The smallest absolute Gasteiger partial charge is 0.339 e. The second-order valence-corrected chi connectivity index (χ2v) is 4.81. The summed E-state index contributed by atoms with van der Waals surface area (Å²) in [7, 11) is 0. The molecule has 0 spiro atoms. The van der Waals surface area contributed by atoms with Gasteiger partial charge in [-0.15, -0.1) is 0 Å². The van der Waals surface area contributed by atoms with Crippen molar-refractivity contribution in [2.45, 2.75) is 44.4 Å². The summed E-state index contributed by atoms with van der Waals surface area (Å²) in [6, 6.07) is 9.02. The predicted octanol–water partition coefficient (Wildman–Crippen LogP) is 1.72. The van der Waals surface area contributed by atoms with Crippen molar-refractivity contribution in [1.82, 2.24) is 10.8 Å². The minimum absolute atomic E-state index is 0.172. The van der Waals surface area contributed by atoms with Gasteiger partial charge in [0.1, 0.15) is 0 Å². The van der Waals surface area contributed by atoms with Crippen molar-refractivity contribution in [3.05, 3.63) is 35.9 Å². The zero-order valence-corrected chi connectivity index (χ0v) is 10.8. The van der Waals surface area contributed by atoms with E-state index in [0.717, 1.165) is 31.2 Å². The van der Waals surface area contributed by atoms with Crippen LogP contribution in [0.25, 0.3) is 0 Å². The van der Waals surface area contributed by atoms with Gasteiger partial charge in [-0.2, -0.15) is 0 Å². The highest BCUT2D eigenvalue weighted by molar-refractivity contribution is 5.73. The Morgan fingerprint density at radius 3 is 2.74 bits per heavy atom. The number of carbonyl (C=O) groups is 1. The lowest BCUT2D eigenvalue weighted by Gasteiger charge is -2.28. The second kappa shape index (κ2) is 7.11. The molecule has 0 radical (unpaired) electrons. The van der Waals surface area contributed by atoms with E-state index in [1.165, 1.54) is 0 Å². The lowest BCUT2D eigenvalue weighted by atomic mass is 9.93. The normalized spacial score (nSPS) is 22.8. The maximum atomic E-state index is 11.6. The number of urea groups is 1. The highest BCUT2D eigenvalue weighted by atomic mass is 16.7. The third-order valence-electron chi connectivity index (χ3n) is 3.29. The Balaban J connectivity index is 1.67. The molecular formula is C14H20N2O3. The number of benzene rings is 1. The Morgan fingerprint density at radius 1 is 1.26 bits per heavy atom. The van der Waals surface area contributed by atoms with Crippen LogP contribution in [0, 0.1) is 0 Å². The summed E-state index contributed by atoms with van der Waals surface area (Å²) < 4.78 is 0. The molecule has 3 N–H and O–H groups in total. The number of nitrogens with one attached hydrogen (secondary N) is 2. The van der Waals surface area contributed by atoms with E-state index in [4.69, 9.17) is 4.84 Å². The quantitative estimate of drug-likeness (QED) is 0.725. The zero-order valence-electron chi connectivity index (χ0n) is 10.8. The molecule has 5 heteroatoms. The van der Waals surface area contributed by atoms with Gasteiger partial charge in [0.2, 0.25) is 0 Å². The van der Waals surface area contributed by atoms with Gasteiger partial charge in [0, 0.05) is 0 Å². The SMILES string of the molecule is O=C(NOCc1ccccc1)NC1CCCCC1O. The van der Waals surface area contributed by atoms with Gasteiger partial charge in [0.25, 0.3) is 0 Å². The summed E-state index contributed by atoms with van der Waals surface area (Å²) in [5, 5.41) is 12.5. The van der Waals surface area contributed by atoms with E-state index in [0.29, 0.717) is 6.61 Å². The van der Waals surface area contributed by atoms with Crippen LogP contribution in [0.2, 0.25) is 0 Å². The fraction of sp³-hybridized carbons (Fsp3) is 0.500. The van der Waals surface area contributed by atoms with Gasteiger partial charge < -0.3 is 10.4 Å². The summed E-state index contributed by atoms with van der Waals surface area (Å²) in [5.41, 5.74) is 3.32. The molecule has 0 aliphatic heterocycles. The van der Waals surface area contributed by atoms with Crippen LogP contribution < -0.4 is 10.8 Å². The van der Waals surface area contributed by atoms with Crippen molar-refractivity contribution in [3.63, 3.8) is 0 Å². The first-order valence-electron chi connectivity index (χ1n) is 6.66. The molecule has 2 atom stereocenters. The van der Waals surface area contributed by atoms with E-state index in [1.807, 2.05) is 30.3 Å². The Morgan fingerprint density at radius 2 is 2.00 bits per heavy atom. The van der Waals surface area contributed by atoms with Crippen LogP contribution in [-0.2, 0) is 11.4 Å². The van der Waals surface area contributed by atoms with Crippen molar-refractivity contribution >= 4 is 6.03 Å². The molecule has 19 heavy (non-hydrogen) atoms. The van der Waals surface area contributed by atoms with E-state index in [2.05, 4.69) is 10.8 Å². The second-order valence-electron chi connectivity index (χ2n) is 4.81. The van der Waals surface area contributed by atoms with E-state index in [9.17, 15) is 9.90 Å². The monoisotopic (exact) mass is 264 g/mol. The fourth-order valence-corrected chi connectivity index (χ4v) is 2.24. The molecule has 5 nitrogen and oxygen atoms in total. The molecular weight excluding hydrogens is 244 g/mol. The summed E-state index contributed by atoms with van der Waals surface area (Å²) in [6.45, 7) is 0.321. The molecule has 2 rings (SSSR count). The molecule has 0 saturated heterocycles. The molecule has 1 saturated carbocycles. The molecule has 1 aromatic rings. The van der Waals surface area contributed by atoms with Crippen molar-refractivity contribution in [2.24, 2.45) is 0 Å². The fourth-order valence-electron chi connectivity index (χ4n) is 2.24. The van der Waals surface area contributed by atoms with Gasteiger partial charge >= 0.3 is 6.03 Å². The third-order valence-corrected chi connectivity index (χ3v) is 3.29. The molecule has 104 valence electrons. The molecule has 2 amide bonds. The summed E-state index contributed by atoms with van der Waals surface area (Å²) in [4.78, 5) is 16.7. The van der Waals surface area contributed by atoms with Crippen LogP contribution in [0.15, 0.2) is 30.3 Å². The minimum atomic E-state index is -0.450. The van der Waals surface area contributed by atoms with E-state index < -0.39 is 12.1 Å². The number of rotatable bonds is 4. The van der Waals surface area contributed by atoms with E-state index in [-0.39, 0.29) is 6.04 Å². The van der Waals surface area contributed by atoms with Crippen LogP contribution in [0.3, 0.4) is 0 Å².